The monoisotopic (exact) mass is 506 g/mol. The molecule has 0 spiro atoms. The minimum Gasteiger partial charge on any atom is -0.0622 e. The van der Waals surface area contributed by atoms with Gasteiger partial charge in [0.05, 0.1) is 0 Å². The average molecular weight is 507 g/mol. The molecule has 0 nitrogen and oxygen atoms in total. The SMILES string of the molecule is c1ccc(-c2ccc(-c3cc4cccc5c(-c6ccc(-c7ccccc7)cc6)cc6cccc3c6c45)cc2)cc1. The smallest absolute Gasteiger partial charge is 0.00201 e. The zero-order chi connectivity index (χ0) is 26.5. The van der Waals surface area contributed by atoms with Gasteiger partial charge in [0, 0.05) is 0 Å². The zero-order valence-corrected chi connectivity index (χ0v) is 22.0. The summed E-state index contributed by atoms with van der Waals surface area (Å²) in [5.74, 6) is 0. The summed E-state index contributed by atoms with van der Waals surface area (Å²) in [7, 11) is 0. The molecule has 0 aliphatic heterocycles. The van der Waals surface area contributed by atoms with Crippen molar-refractivity contribution in [1.29, 1.82) is 0 Å². The van der Waals surface area contributed by atoms with Gasteiger partial charge in [-0.1, -0.05) is 146 Å². The molecule has 0 atom stereocenters. The second-order valence-electron chi connectivity index (χ2n) is 10.5. The number of benzene rings is 8. The molecule has 0 saturated carbocycles. The van der Waals surface area contributed by atoms with Crippen molar-refractivity contribution in [2.45, 2.75) is 0 Å². The van der Waals surface area contributed by atoms with Crippen LogP contribution in [-0.4, -0.2) is 0 Å². The number of rotatable bonds is 4. The van der Waals surface area contributed by atoms with E-state index in [1.54, 1.807) is 0 Å². The second kappa shape index (κ2) is 9.22. The van der Waals surface area contributed by atoms with Gasteiger partial charge in [-0.3, -0.25) is 0 Å². The topological polar surface area (TPSA) is 0 Å². The van der Waals surface area contributed by atoms with Crippen LogP contribution in [-0.2, 0) is 0 Å². The molecule has 0 heterocycles. The molecular weight excluding hydrogens is 480 g/mol. The van der Waals surface area contributed by atoms with E-state index in [4.69, 9.17) is 0 Å². The van der Waals surface area contributed by atoms with Crippen LogP contribution in [0, 0.1) is 0 Å². The average Bonchev–Trinajstić information content (AvgIpc) is 3.04. The fourth-order valence-corrected chi connectivity index (χ4v) is 6.28. The third kappa shape index (κ3) is 3.69. The lowest BCUT2D eigenvalue weighted by Gasteiger charge is -2.18. The lowest BCUT2D eigenvalue weighted by molar-refractivity contribution is 1.60. The Morgan fingerprint density at radius 2 is 0.600 bits per heavy atom. The van der Waals surface area contributed by atoms with E-state index in [-0.39, 0.29) is 0 Å². The van der Waals surface area contributed by atoms with E-state index in [1.165, 1.54) is 76.8 Å². The van der Waals surface area contributed by atoms with Gasteiger partial charge in [0.1, 0.15) is 0 Å². The van der Waals surface area contributed by atoms with Crippen LogP contribution in [0.5, 0.6) is 0 Å². The first kappa shape index (κ1) is 22.8. The predicted molar refractivity (Wildman–Crippen MR) is 172 cm³/mol. The van der Waals surface area contributed by atoms with Crippen LogP contribution in [0.25, 0.3) is 76.8 Å². The molecule has 0 saturated heterocycles. The lowest BCUT2D eigenvalue weighted by Crippen LogP contribution is -1.91. The quantitative estimate of drug-likeness (QED) is 0.208. The van der Waals surface area contributed by atoms with Crippen LogP contribution < -0.4 is 0 Å². The minimum absolute atomic E-state index is 1.24. The van der Waals surface area contributed by atoms with Gasteiger partial charge < -0.3 is 0 Å². The molecule has 8 aromatic rings. The standard InChI is InChI=1S/C40H26/c1-3-9-27(10-4-1)29-17-21-31(22-18-29)37-25-33-13-8-16-36-38(26-34-14-7-15-35(37)39(34)40(33)36)32-23-19-30(20-24-32)28-11-5-2-6-12-28/h1-26H. The predicted octanol–water partition coefficient (Wildman–Crippen LogP) is 11.3. The molecule has 0 bridgehead atoms. The molecule has 0 radical (unpaired) electrons. The van der Waals surface area contributed by atoms with Crippen molar-refractivity contribution in [2.75, 3.05) is 0 Å². The molecule has 0 heteroatoms. The van der Waals surface area contributed by atoms with Crippen molar-refractivity contribution in [3.63, 3.8) is 0 Å². The van der Waals surface area contributed by atoms with Crippen molar-refractivity contribution >= 4 is 32.3 Å². The maximum absolute atomic E-state index is 2.38. The van der Waals surface area contributed by atoms with E-state index >= 15 is 0 Å². The summed E-state index contributed by atoms with van der Waals surface area (Å²) in [6, 6.07) is 57.4. The first-order valence-electron chi connectivity index (χ1n) is 13.9. The van der Waals surface area contributed by atoms with Crippen LogP contribution in [0.3, 0.4) is 0 Å². The van der Waals surface area contributed by atoms with Crippen molar-refractivity contribution < 1.29 is 0 Å². The summed E-state index contributed by atoms with van der Waals surface area (Å²) in [5, 5.41) is 7.88. The zero-order valence-electron chi connectivity index (χ0n) is 22.0. The molecule has 40 heavy (non-hydrogen) atoms. The van der Waals surface area contributed by atoms with E-state index in [9.17, 15) is 0 Å². The maximum atomic E-state index is 2.38. The van der Waals surface area contributed by atoms with Gasteiger partial charge in [0.25, 0.3) is 0 Å². The van der Waals surface area contributed by atoms with Gasteiger partial charge in [-0.2, -0.15) is 0 Å². The molecule has 0 N–H and O–H groups in total. The summed E-state index contributed by atoms with van der Waals surface area (Å²) >= 11 is 0. The molecule has 8 aromatic carbocycles. The highest BCUT2D eigenvalue weighted by Crippen LogP contribution is 2.44. The van der Waals surface area contributed by atoms with E-state index < -0.39 is 0 Å². The van der Waals surface area contributed by atoms with Crippen LogP contribution in [0.1, 0.15) is 0 Å². The molecule has 8 rings (SSSR count). The fourth-order valence-electron chi connectivity index (χ4n) is 6.28. The van der Waals surface area contributed by atoms with Gasteiger partial charge in [0.15, 0.2) is 0 Å². The van der Waals surface area contributed by atoms with Crippen molar-refractivity contribution in [1.82, 2.24) is 0 Å². The number of hydrogen-bond acceptors (Lipinski definition) is 0. The third-order valence-electron chi connectivity index (χ3n) is 8.23. The molecule has 0 aliphatic rings. The highest BCUT2D eigenvalue weighted by Gasteiger charge is 2.16. The van der Waals surface area contributed by atoms with Gasteiger partial charge in [-0.05, 0) is 89.0 Å². The van der Waals surface area contributed by atoms with E-state index in [0.717, 1.165) is 0 Å². The third-order valence-corrected chi connectivity index (χ3v) is 8.23. The first-order chi connectivity index (χ1) is 19.8. The van der Waals surface area contributed by atoms with Crippen molar-refractivity contribution in [3.05, 3.63) is 158 Å². The molecule has 186 valence electrons. The van der Waals surface area contributed by atoms with Crippen LogP contribution >= 0.6 is 0 Å². The molecule has 0 aliphatic carbocycles. The van der Waals surface area contributed by atoms with Crippen LogP contribution in [0.15, 0.2) is 158 Å². The lowest BCUT2D eigenvalue weighted by atomic mass is 9.85. The molecule has 0 aromatic heterocycles. The molecule has 0 amide bonds. The Morgan fingerprint density at radius 1 is 0.250 bits per heavy atom. The van der Waals surface area contributed by atoms with E-state index in [0.29, 0.717) is 0 Å². The molecular formula is C40H26. The van der Waals surface area contributed by atoms with Crippen LogP contribution in [0.2, 0.25) is 0 Å². The largest absolute Gasteiger partial charge is 0.0622 e. The summed E-state index contributed by atoms with van der Waals surface area (Å²) in [6.45, 7) is 0. The number of hydrogen-bond donors (Lipinski definition) is 0. The first-order valence-corrected chi connectivity index (χ1v) is 13.9. The van der Waals surface area contributed by atoms with Gasteiger partial charge in [-0.25, -0.2) is 0 Å². The summed E-state index contributed by atoms with van der Waals surface area (Å²) in [4.78, 5) is 0. The van der Waals surface area contributed by atoms with Crippen molar-refractivity contribution in [3.8, 4) is 44.5 Å². The van der Waals surface area contributed by atoms with E-state index in [2.05, 4.69) is 158 Å². The molecule has 0 unspecified atom stereocenters. The Bertz CT molecular complexity index is 1940. The summed E-state index contributed by atoms with van der Waals surface area (Å²) in [6.07, 6.45) is 0. The maximum Gasteiger partial charge on any atom is -0.00201 e. The molecule has 0 fully saturated rings. The Balaban J connectivity index is 1.29. The Kier molecular flexibility index (Phi) is 5.24. The second-order valence-corrected chi connectivity index (χ2v) is 10.5. The van der Waals surface area contributed by atoms with Gasteiger partial charge >= 0.3 is 0 Å². The normalized spacial score (nSPS) is 11.5. The van der Waals surface area contributed by atoms with Crippen molar-refractivity contribution in [2.24, 2.45) is 0 Å². The Hall–Kier alpha value is -5.20. The van der Waals surface area contributed by atoms with Gasteiger partial charge in [0.2, 0.25) is 0 Å². The highest BCUT2D eigenvalue weighted by atomic mass is 14.2. The summed E-state index contributed by atoms with van der Waals surface area (Å²) < 4.78 is 0. The van der Waals surface area contributed by atoms with E-state index in [1.807, 2.05) is 0 Å². The Morgan fingerprint density at radius 3 is 1.00 bits per heavy atom. The van der Waals surface area contributed by atoms with Crippen LogP contribution in [0.4, 0.5) is 0 Å². The Labute approximate surface area is 234 Å². The highest BCUT2D eigenvalue weighted by molar-refractivity contribution is 6.29. The fraction of sp³-hybridized carbons (Fsp3) is 0. The minimum atomic E-state index is 1.24. The van der Waals surface area contributed by atoms with Gasteiger partial charge in [-0.15, -0.1) is 0 Å². The summed E-state index contributed by atoms with van der Waals surface area (Å²) in [5.41, 5.74) is 10.0.